The molecule has 1 aromatic heterocycles. The smallest absolute Gasteiger partial charge is 0.330 e. The molecular formula is C13H20IN2O7P. The van der Waals surface area contributed by atoms with Crippen LogP contribution >= 0.6 is 30.2 Å². The van der Waals surface area contributed by atoms with Crippen molar-refractivity contribution in [3.8, 4) is 0 Å². The van der Waals surface area contributed by atoms with Gasteiger partial charge >= 0.3 is 13.3 Å². The normalized spacial score (nSPS) is 26.7. The molecule has 24 heavy (non-hydrogen) atoms. The van der Waals surface area contributed by atoms with Gasteiger partial charge in [-0.1, -0.05) is 0 Å². The first kappa shape index (κ1) is 19.8. The lowest BCUT2D eigenvalue weighted by atomic mass is 10.2. The van der Waals surface area contributed by atoms with Crippen LogP contribution in [0.2, 0.25) is 0 Å². The predicted molar refractivity (Wildman–Crippen MR) is 94.3 cm³/mol. The number of halogens is 1. The highest BCUT2D eigenvalue weighted by molar-refractivity contribution is 14.1. The van der Waals surface area contributed by atoms with E-state index in [4.69, 9.17) is 13.8 Å². The van der Waals surface area contributed by atoms with E-state index in [-0.39, 0.29) is 19.1 Å². The summed E-state index contributed by atoms with van der Waals surface area (Å²) in [5, 5.41) is 9.47. The van der Waals surface area contributed by atoms with Crippen LogP contribution in [0.4, 0.5) is 0 Å². The molecular weight excluding hydrogens is 454 g/mol. The molecule has 9 nitrogen and oxygen atoms in total. The van der Waals surface area contributed by atoms with Gasteiger partial charge in [0.15, 0.2) is 0 Å². The summed E-state index contributed by atoms with van der Waals surface area (Å²) in [6.07, 6.45) is -0.924. The number of aliphatic hydroxyl groups is 1. The molecule has 1 saturated heterocycles. The minimum Gasteiger partial charge on any atom is -0.394 e. The highest BCUT2D eigenvalue weighted by Gasteiger charge is 2.40. The number of aromatic nitrogens is 2. The number of rotatable bonds is 6. The zero-order chi connectivity index (χ0) is 18.1. The number of aromatic amines is 1. The summed E-state index contributed by atoms with van der Waals surface area (Å²) in [4.78, 5) is 25.6. The molecule has 1 aliphatic rings. The van der Waals surface area contributed by atoms with Crippen LogP contribution in [0.25, 0.3) is 0 Å². The number of hydrogen-bond acceptors (Lipinski definition) is 7. The van der Waals surface area contributed by atoms with Gasteiger partial charge in [-0.25, -0.2) is 4.79 Å². The molecule has 0 radical (unpaired) electrons. The monoisotopic (exact) mass is 474 g/mol. The summed E-state index contributed by atoms with van der Waals surface area (Å²) in [5.74, 6) is 0. The van der Waals surface area contributed by atoms with Gasteiger partial charge in [-0.2, -0.15) is 0 Å². The number of ether oxygens (including phenoxy) is 1. The first-order chi connectivity index (χ1) is 11.1. The molecule has 0 bridgehead atoms. The van der Waals surface area contributed by atoms with Gasteiger partial charge in [0.2, 0.25) is 0 Å². The maximum atomic E-state index is 12.4. The maximum Gasteiger partial charge on any atom is 0.330 e. The molecule has 0 spiro atoms. The van der Waals surface area contributed by atoms with E-state index in [0.29, 0.717) is 3.57 Å². The summed E-state index contributed by atoms with van der Waals surface area (Å²) >= 11 is 1.80. The third-order valence-corrected chi connectivity index (χ3v) is 5.55. The standard InChI is InChI=1S/C13H20IN2O7P/c1-7(2)22-24(3,20)23-9-4-11(21-10(9)6-17)16-5-8(14)12(18)15-13(16)19/h5,7,9-11,17H,4,6H2,1-3H3,(H,15,18,19)/t9-,10-,11-,24?/m1/s1. The van der Waals surface area contributed by atoms with Crippen molar-refractivity contribution in [2.24, 2.45) is 0 Å². The molecule has 1 fully saturated rings. The lowest BCUT2D eigenvalue weighted by molar-refractivity contribution is -0.0442. The molecule has 1 aromatic rings. The highest BCUT2D eigenvalue weighted by atomic mass is 127. The zero-order valence-corrected chi connectivity index (χ0v) is 16.5. The van der Waals surface area contributed by atoms with Crippen LogP contribution in [-0.4, -0.2) is 46.2 Å². The summed E-state index contributed by atoms with van der Waals surface area (Å²) in [7, 11) is -3.33. The van der Waals surface area contributed by atoms with Crippen LogP contribution in [0.15, 0.2) is 15.8 Å². The summed E-state index contributed by atoms with van der Waals surface area (Å²) in [6.45, 7) is 4.46. The fourth-order valence-corrected chi connectivity index (χ4v) is 4.44. The molecule has 0 aromatic carbocycles. The van der Waals surface area contributed by atoms with Gasteiger partial charge in [0.1, 0.15) is 12.3 Å². The largest absolute Gasteiger partial charge is 0.394 e. The lowest BCUT2D eigenvalue weighted by Crippen LogP contribution is -2.33. The third-order valence-electron chi connectivity index (χ3n) is 3.32. The van der Waals surface area contributed by atoms with Crippen LogP contribution in [0, 0.1) is 3.57 Å². The molecule has 0 aliphatic carbocycles. The highest BCUT2D eigenvalue weighted by Crippen LogP contribution is 2.49. The first-order valence-electron chi connectivity index (χ1n) is 7.34. The van der Waals surface area contributed by atoms with Crippen LogP contribution in [0.5, 0.6) is 0 Å². The minimum absolute atomic E-state index is 0.187. The topological polar surface area (TPSA) is 120 Å². The van der Waals surface area contributed by atoms with Crippen LogP contribution in [0.3, 0.4) is 0 Å². The fraction of sp³-hybridized carbons (Fsp3) is 0.692. The van der Waals surface area contributed by atoms with Crippen molar-refractivity contribution >= 4 is 30.2 Å². The molecule has 1 aliphatic heterocycles. The second-order valence-electron chi connectivity index (χ2n) is 5.76. The number of H-pyrrole nitrogens is 1. The molecule has 136 valence electrons. The Kier molecular flexibility index (Phi) is 6.43. The summed E-state index contributed by atoms with van der Waals surface area (Å²) in [5.41, 5.74) is -1.11. The molecule has 11 heteroatoms. The Bertz CT molecular complexity index is 747. The summed E-state index contributed by atoms with van der Waals surface area (Å²) in [6, 6.07) is 0. The zero-order valence-electron chi connectivity index (χ0n) is 13.5. The molecule has 0 amide bonds. The second-order valence-corrected chi connectivity index (χ2v) is 8.89. The Labute approximate surface area is 152 Å². The lowest BCUT2D eigenvalue weighted by Gasteiger charge is -2.22. The predicted octanol–water partition coefficient (Wildman–Crippen LogP) is 1.05. The van der Waals surface area contributed by atoms with Crippen molar-refractivity contribution in [2.75, 3.05) is 13.3 Å². The SMILES string of the molecule is CC(C)OP(C)(=O)O[C@@H]1C[C@H](n2cc(I)c(=O)[nH]c2=O)O[C@@H]1CO. The molecule has 2 rings (SSSR count). The van der Waals surface area contributed by atoms with E-state index in [2.05, 4.69) is 4.98 Å². The van der Waals surface area contributed by atoms with Crippen LogP contribution < -0.4 is 11.2 Å². The van der Waals surface area contributed by atoms with E-state index < -0.39 is 37.3 Å². The van der Waals surface area contributed by atoms with E-state index in [1.165, 1.54) is 17.4 Å². The Hall–Kier alpha value is -0.520. The van der Waals surface area contributed by atoms with E-state index in [9.17, 15) is 19.3 Å². The quantitative estimate of drug-likeness (QED) is 0.468. The molecule has 4 atom stereocenters. The average molecular weight is 474 g/mol. The van der Waals surface area contributed by atoms with Gasteiger partial charge < -0.3 is 18.9 Å². The number of aliphatic hydroxyl groups excluding tert-OH is 1. The van der Waals surface area contributed by atoms with Crippen molar-refractivity contribution in [3.63, 3.8) is 0 Å². The van der Waals surface area contributed by atoms with Gasteiger partial charge in [0.25, 0.3) is 5.56 Å². The Morgan fingerprint density at radius 3 is 2.79 bits per heavy atom. The van der Waals surface area contributed by atoms with E-state index in [1.807, 2.05) is 0 Å². The van der Waals surface area contributed by atoms with Gasteiger partial charge in [-0.05, 0) is 36.4 Å². The number of hydrogen-bond donors (Lipinski definition) is 2. The van der Waals surface area contributed by atoms with Crippen molar-refractivity contribution in [1.82, 2.24) is 9.55 Å². The van der Waals surface area contributed by atoms with Crippen molar-refractivity contribution < 1.29 is 23.5 Å². The molecule has 2 N–H and O–H groups in total. The minimum atomic E-state index is -3.33. The average Bonchev–Trinajstić information content (AvgIpc) is 2.83. The number of nitrogens with one attached hydrogen (secondary N) is 1. The Balaban J connectivity index is 2.20. The van der Waals surface area contributed by atoms with Gasteiger partial charge in [0, 0.05) is 19.3 Å². The van der Waals surface area contributed by atoms with Crippen molar-refractivity contribution in [2.45, 2.75) is 44.8 Å². The molecule has 0 saturated carbocycles. The molecule has 2 heterocycles. The van der Waals surface area contributed by atoms with Crippen molar-refractivity contribution in [3.05, 3.63) is 30.6 Å². The van der Waals surface area contributed by atoms with Gasteiger partial charge in [-0.3, -0.25) is 18.9 Å². The maximum absolute atomic E-state index is 12.4. The number of nitrogens with zero attached hydrogens (tertiary/aromatic N) is 1. The third kappa shape index (κ3) is 4.77. The Morgan fingerprint density at radius 1 is 1.54 bits per heavy atom. The van der Waals surface area contributed by atoms with E-state index in [0.717, 1.165) is 0 Å². The molecule has 1 unspecified atom stereocenters. The van der Waals surface area contributed by atoms with E-state index >= 15 is 0 Å². The first-order valence-corrected chi connectivity index (χ1v) is 10.4. The second kappa shape index (κ2) is 7.79. The van der Waals surface area contributed by atoms with Crippen LogP contribution in [-0.2, 0) is 18.3 Å². The fourth-order valence-electron chi connectivity index (χ4n) is 2.47. The van der Waals surface area contributed by atoms with Gasteiger partial charge in [0.05, 0.1) is 22.4 Å². The summed E-state index contributed by atoms with van der Waals surface area (Å²) < 4.78 is 30.3. The van der Waals surface area contributed by atoms with Crippen LogP contribution in [0.1, 0.15) is 26.5 Å². The van der Waals surface area contributed by atoms with Gasteiger partial charge in [-0.15, -0.1) is 0 Å². The van der Waals surface area contributed by atoms with E-state index in [1.54, 1.807) is 36.4 Å². The Morgan fingerprint density at radius 2 is 2.21 bits per heavy atom. The van der Waals surface area contributed by atoms with Crippen molar-refractivity contribution in [1.29, 1.82) is 0 Å².